The molecule has 0 fully saturated rings. The lowest BCUT2D eigenvalue weighted by atomic mass is 10.3. The minimum atomic E-state index is -3.70. The second-order valence-electron chi connectivity index (χ2n) is 3.38. The summed E-state index contributed by atoms with van der Waals surface area (Å²) in [5, 5.41) is 5.00. The largest absolute Gasteiger partial charge is 0.488 e. The number of halogens is 2. The molecular weight excluding hydrogens is 330 g/mol. The maximum absolute atomic E-state index is 11.1. The molecule has 0 saturated heterocycles. The van der Waals surface area contributed by atoms with E-state index in [0.717, 1.165) is 5.57 Å². The van der Waals surface area contributed by atoms with Crippen LogP contribution in [0.5, 0.6) is 5.75 Å². The maximum Gasteiger partial charge on any atom is 0.238 e. The van der Waals surface area contributed by atoms with Crippen LogP contribution in [-0.4, -0.2) is 15.0 Å². The molecule has 2 N–H and O–H groups in total. The molecule has 0 unspecified atom stereocenters. The molecule has 0 aliphatic carbocycles. The predicted octanol–water partition coefficient (Wildman–Crippen LogP) is 2.62. The average molecular weight is 341 g/mol. The number of benzene rings is 1. The van der Waals surface area contributed by atoms with Gasteiger partial charge in [-0.3, -0.25) is 0 Å². The minimum absolute atomic E-state index is 0.0290. The number of rotatable bonds is 4. The van der Waals surface area contributed by atoms with Crippen molar-refractivity contribution in [3.63, 3.8) is 0 Å². The van der Waals surface area contributed by atoms with Crippen molar-refractivity contribution in [1.82, 2.24) is 0 Å². The lowest BCUT2D eigenvalue weighted by Crippen LogP contribution is -2.12. The Kier molecular flexibility index (Phi) is 5.00. The van der Waals surface area contributed by atoms with Crippen molar-refractivity contribution in [3.8, 4) is 5.75 Å². The summed E-state index contributed by atoms with van der Waals surface area (Å²) >= 11 is 8.71. The first-order chi connectivity index (χ1) is 7.84. The topological polar surface area (TPSA) is 69.4 Å². The summed E-state index contributed by atoms with van der Waals surface area (Å²) in [6.07, 6.45) is 0. The Morgan fingerprint density at radius 1 is 1.59 bits per heavy atom. The Bertz CT molecular complexity index is 542. The van der Waals surface area contributed by atoms with Gasteiger partial charge in [0.05, 0.1) is 9.37 Å². The van der Waals surface area contributed by atoms with Gasteiger partial charge in [-0.15, -0.1) is 0 Å². The van der Waals surface area contributed by atoms with E-state index in [0.29, 0.717) is 16.8 Å². The highest BCUT2D eigenvalue weighted by Gasteiger charge is 2.10. The molecule has 0 aliphatic heterocycles. The Labute approximate surface area is 114 Å². The third kappa shape index (κ3) is 4.31. The van der Waals surface area contributed by atoms with Crippen molar-refractivity contribution >= 4 is 37.6 Å². The molecule has 0 amide bonds. The van der Waals surface area contributed by atoms with Gasteiger partial charge in [-0.1, -0.05) is 11.6 Å². The normalized spacial score (nSPS) is 12.6. The van der Waals surface area contributed by atoms with E-state index in [9.17, 15) is 8.42 Å². The molecule has 0 bridgehead atoms. The number of hydrogen-bond acceptors (Lipinski definition) is 3. The first-order valence-corrected chi connectivity index (χ1v) is 7.33. The van der Waals surface area contributed by atoms with E-state index in [4.69, 9.17) is 21.5 Å². The predicted molar refractivity (Wildman–Crippen MR) is 70.6 cm³/mol. The molecule has 4 nitrogen and oxygen atoms in total. The third-order valence-electron chi connectivity index (χ3n) is 1.87. The van der Waals surface area contributed by atoms with E-state index in [1.54, 1.807) is 0 Å². The highest BCUT2D eigenvalue weighted by atomic mass is 79.9. The van der Waals surface area contributed by atoms with Crippen LogP contribution in [0.4, 0.5) is 0 Å². The summed E-state index contributed by atoms with van der Waals surface area (Å²) in [4.78, 5) is 0.0290. The van der Waals surface area contributed by atoms with Crippen molar-refractivity contribution in [2.45, 2.75) is 11.8 Å². The van der Waals surface area contributed by atoms with Crippen LogP contribution in [0.25, 0.3) is 0 Å². The summed E-state index contributed by atoms with van der Waals surface area (Å²) in [6.45, 7) is 2.15. The summed E-state index contributed by atoms with van der Waals surface area (Å²) in [7, 11) is -3.70. The van der Waals surface area contributed by atoms with Crippen LogP contribution in [0.15, 0.2) is 38.7 Å². The minimum Gasteiger partial charge on any atom is -0.488 e. The highest BCUT2D eigenvalue weighted by molar-refractivity contribution is 9.10. The summed E-state index contributed by atoms with van der Waals surface area (Å²) < 4.78 is 28.1. The van der Waals surface area contributed by atoms with E-state index in [-0.39, 0.29) is 4.90 Å². The maximum atomic E-state index is 11.1. The number of ether oxygens (including phenoxy) is 1. The highest BCUT2D eigenvalue weighted by Crippen LogP contribution is 2.27. The molecule has 0 atom stereocenters. The van der Waals surface area contributed by atoms with Gasteiger partial charge in [0.15, 0.2) is 0 Å². The van der Waals surface area contributed by atoms with Crippen LogP contribution < -0.4 is 9.88 Å². The van der Waals surface area contributed by atoms with Gasteiger partial charge in [0.2, 0.25) is 10.0 Å². The monoisotopic (exact) mass is 339 g/mol. The third-order valence-corrected chi connectivity index (χ3v) is 3.78. The summed E-state index contributed by atoms with van der Waals surface area (Å²) in [6, 6.07) is 4.31. The summed E-state index contributed by atoms with van der Waals surface area (Å²) in [5.41, 5.74) is 2.28. The molecule has 0 saturated carbocycles. The number of sulfonamides is 1. The van der Waals surface area contributed by atoms with Crippen molar-refractivity contribution in [2.75, 3.05) is 6.61 Å². The zero-order valence-electron chi connectivity index (χ0n) is 8.98. The van der Waals surface area contributed by atoms with Gasteiger partial charge in [-0.05, 0) is 46.6 Å². The average Bonchev–Trinajstić information content (AvgIpc) is 2.25. The molecule has 0 aromatic heterocycles. The SMILES string of the molecule is C/C(=C/Cl)COc1ccc(S(N)(=O)=O)cc1Br. The van der Waals surface area contributed by atoms with Crippen molar-refractivity contribution in [3.05, 3.63) is 33.8 Å². The lowest BCUT2D eigenvalue weighted by Gasteiger charge is -2.09. The van der Waals surface area contributed by atoms with Crippen LogP contribution >= 0.6 is 27.5 Å². The molecule has 1 rings (SSSR count). The first kappa shape index (κ1) is 14.5. The van der Waals surface area contributed by atoms with Gasteiger partial charge < -0.3 is 4.74 Å². The van der Waals surface area contributed by atoms with Crippen LogP contribution in [0.2, 0.25) is 0 Å². The molecule has 1 aromatic rings. The molecule has 17 heavy (non-hydrogen) atoms. The van der Waals surface area contributed by atoms with Crippen LogP contribution in [0.3, 0.4) is 0 Å². The van der Waals surface area contributed by atoms with Gasteiger partial charge in [0.25, 0.3) is 0 Å². The quantitative estimate of drug-likeness (QED) is 0.916. The van der Waals surface area contributed by atoms with E-state index >= 15 is 0 Å². The smallest absolute Gasteiger partial charge is 0.238 e. The Balaban J connectivity index is 2.91. The number of hydrogen-bond donors (Lipinski definition) is 1. The molecule has 1 aromatic carbocycles. The fourth-order valence-corrected chi connectivity index (χ4v) is 2.25. The first-order valence-electron chi connectivity index (χ1n) is 4.55. The van der Waals surface area contributed by atoms with Crippen LogP contribution in [0, 0.1) is 0 Å². The van der Waals surface area contributed by atoms with Crippen molar-refractivity contribution < 1.29 is 13.2 Å². The molecule has 0 heterocycles. The molecular formula is C10H11BrClNO3S. The fourth-order valence-electron chi connectivity index (χ4n) is 0.999. The molecule has 0 radical (unpaired) electrons. The summed E-state index contributed by atoms with van der Waals surface area (Å²) in [5.74, 6) is 0.523. The van der Waals surface area contributed by atoms with Gasteiger partial charge in [0, 0.05) is 5.54 Å². The fraction of sp³-hybridized carbons (Fsp3) is 0.200. The Hall–Kier alpha value is -0.560. The van der Waals surface area contributed by atoms with Gasteiger partial charge >= 0.3 is 0 Å². The van der Waals surface area contributed by atoms with Gasteiger partial charge in [-0.2, -0.15) is 0 Å². The van der Waals surface area contributed by atoms with Gasteiger partial charge in [-0.25, -0.2) is 13.6 Å². The van der Waals surface area contributed by atoms with E-state index in [1.165, 1.54) is 23.7 Å². The second-order valence-corrected chi connectivity index (χ2v) is 6.02. The Morgan fingerprint density at radius 3 is 2.71 bits per heavy atom. The Morgan fingerprint density at radius 2 is 2.24 bits per heavy atom. The standard InChI is InChI=1S/C10H11BrClNO3S/c1-7(5-12)6-16-10-3-2-8(4-9(10)11)17(13,14)15/h2-5H,6H2,1H3,(H2,13,14,15)/b7-5-. The van der Waals surface area contributed by atoms with Crippen molar-refractivity contribution in [1.29, 1.82) is 0 Å². The van der Waals surface area contributed by atoms with E-state index < -0.39 is 10.0 Å². The van der Waals surface area contributed by atoms with Crippen LogP contribution in [-0.2, 0) is 10.0 Å². The van der Waals surface area contributed by atoms with E-state index in [1.807, 2.05) is 6.92 Å². The zero-order chi connectivity index (χ0) is 13.1. The van der Waals surface area contributed by atoms with E-state index in [2.05, 4.69) is 15.9 Å². The molecule has 0 aliphatic rings. The lowest BCUT2D eigenvalue weighted by molar-refractivity contribution is 0.350. The number of primary sulfonamides is 1. The van der Waals surface area contributed by atoms with Crippen LogP contribution in [0.1, 0.15) is 6.92 Å². The van der Waals surface area contributed by atoms with Gasteiger partial charge in [0.1, 0.15) is 12.4 Å². The van der Waals surface area contributed by atoms with Crippen molar-refractivity contribution in [2.24, 2.45) is 5.14 Å². The zero-order valence-corrected chi connectivity index (χ0v) is 12.1. The second kappa shape index (κ2) is 5.86. The molecule has 94 valence electrons. The molecule has 0 spiro atoms. The molecule has 7 heteroatoms. The number of nitrogens with two attached hydrogens (primary N) is 1.